The molecule has 0 aliphatic carbocycles. The molecule has 0 radical (unpaired) electrons. The molecule has 0 aromatic carbocycles. The summed E-state index contributed by atoms with van der Waals surface area (Å²) in [5, 5.41) is 0. The van der Waals surface area contributed by atoms with E-state index in [9.17, 15) is 0 Å². The molecule has 1 nitrogen and oxygen atoms in total. The lowest BCUT2D eigenvalue weighted by molar-refractivity contribution is 1.41. The minimum absolute atomic E-state index is 1.13. The van der Waals surface area contributed by atoms with Gasteiger partial charge in [0.05, 0.1) is 0 Å². The van der Waals surface area contributed by atoms with Gasteiger partial charge in [0.25, 0.3) is 0 Å². The Morgan fingerprint density at radius 1 is 1.22 bits per heavy atom. The van der Waals surface area contributed by atoms with Crippen LogP contribution in [0.25, 0.3) is 0 Å². The molecule has 0 atom stereocenters. The van der Waals surface area contributed by atoms with Crippen LogP contribution in [0, 0.1) is 0 Å². The highest BCUT2D eigenvalue weighted by atomic mass is 14.7. The maximum Gasteiger partial charge on any atom is 0.0276 e. The van der Waals surface area contributed by atoms with E-state index in [4.69, 9.17) is 0 Å². The summed E-state index contributed by atoms with van der Waals surface area (Å²) in [6.07, 6.45) is 3.28. The first-order chi connectivity index (χ1) is 4.18. The van der Waals surface area contributed by atoms with E-state index in [-0.39, 0.29) is 0 Å². The highest BCUT2D eigenvalue weighted by Crippen LogP contribution is 1.63. The highest BCUT2D eigenvalue weighted by Gasteiger charge is 1.62. The molecular weight excluding hydrogens is 110 g/mol. The fourth-order valence-electron chi connectivity index (χ4n) is 0. The van der Waals surface area contributed by atoms with Crippen molar-refractivity contribution in [3.8, 4) is 0 Å². The maximum absolute atomic E-state index is 3.81. The molecule has 0 bridgehead atoms. The normalized spacial score (nSPS) is 6.11. The van der Waals surface area contributed by atoms with Crippen LogP contribution in [-0.2, 0) is 0 Å². The van der Waals surface area contributed by atoms with Crippen molar-refractivity contribution in [1.82, 2.24) is 0 Å². The molecule has 0 amide bonds. The number of aliphatic imine (C=N–C) groups is 1. The molecule has 52 valence electrons. The second-order valence-corrected chi connectivity index (χ2v) is 1.64. The van der Waals surface area contributed by atoms with E-state index in [1.165, 1.54) is 0 Å². The van der Waals surface area contributed by atoms with E-state index in [1.54, 1.807) is 19.2 Å². The lowest BCUT2D eigenvalue weighted by Crippen LogP contribution is -1.74. The zero-order valence-electron chi connectivity index (χ0n) is 6.52. The van der Waals surface area contributed by atoms with E-state index in [1.807, 2.05) is 13.8 Å². The van der Waals surface area contributed by atoms with Crippen molar-refractivity contribution in [3.63, 3.8) is 0 Å². The molecule has 0 aliphatic heterocycles. The Kier molecular flexibility index (Phi) is 12.5. The molecule has 0 saturated heterocycles. The Morgan fingerprint density at radius 3 is 1.44 bits per heavy atom. The molecule has 9 heavy (non-hydrogen) atoms. The van der Waals surface area contributed by atoms with Crippen molar-refractivity contribution >= 4 is 5.71 Å². The third-order valence-corrected chi connectivity index (χ3v) is 0.614. The summed E-state index contributed by atoms with van der Waals surface area (Å²) in [6.45, 7) is 10.7. The van der Waals surface area contributed by atoms with Gasteiger partial charge in [-0.3, -0.25) is 4.99 Å². The van der Waals surface area contributed by atoms with Crippen LogP contribution in [0.15, 0.2) is 30.3 Å². The van der Waals surface area contributed by atoms with Gasteiger partial charge in [0, 0.05) is 12.8 Å². The molecule has 0 aromatic rings. The van der Waals surface area contributed by atoms with Crippen LogP contribution < -0.4 is 0 Å². The summed E-state index contributed by atoms with van der Waals surface area (Å²) in [6, 6.07) is 0. The smallest absolute Gasteiger partial charge is 0.0276 e. The van der Waals surface area contributed by atoms with Gasteiger partial charge < -0.3 is 0 Å². The van der Waals surface area contributed by atoms with Crippen molar-refractivity contribution in [2.75, 3.05) is 7.05 Å². The van der Waals surface area contributed by atoms with Crippen molar-refractivity contribution in [2.24, 2.45) is 4.99 Å². The topological polar surface area (TPSA) is 12.4 Å². The zero-order valence-corrected chi connectivity index (χ0v) is 6.52. The zero-order chi connectivity index (χ0) is 7.70. The lowest BCUT2D eigenvalue weighted by Gasteiger charge is -1.74. The van der Waals surface area contributed by atoms with Crippen LogP contribution in [0.2, 0.25) is 0 Å². The molecular formula is C8H15N. The summed E-state index contributed by atoms with van der Waals surface area (Å²) in [5.74, 6) is 0. The quantitative estimate of drug-likeness (QED) is 0.377. The summed E-state index contributed by atoms with van der Waals surface area (Å²) >= 11 is 0. The Labute approximate surface area is 57.8 Å². The van der Waals surface area contributed by atoms with Crippen LogP contribution in [0.3, 0.4) is 0 Å². The monoisotopic (exact) mass is 125 g/mol. The Morgan fingerprint density at radius 2 is 1.44 bits per heavy atom. The first-order valence-electron chi connectivity index (χ1n) is 2.82. The summed E-state index contributed by atoms with van der Waals surface area (Å²) in [4.78, 5) is 3.81. The van der Waals surface area contributed by atoms with Crippen LogP contribution in [-0.4, -0.2) is 12.8 Å². The fraction of sp³-hybridized carbons (Fsp3) is 0.375. The van der Waals surface area contributed by atoms with Gasteiger partial charge in [-0.15, -0.1) is 0 Å². The van der Waals surface area contributed by atoms with Gasteiger partial charge in [-0.05, 0) is 13.8 Å². The Balaban J connectivity index is 0. The molecule has 0 N–H and O–H groups in total. The minimum atomic E-state index is 1.13. The second-order valence-electron chi connectivity index (χ2n) is 1.64. The van der Waals surface area contributed by atoms with Gasteiger partial charge in [-0.1, -0.05) is 25.3 Å². The van der Waals surface area contributed by atoms with Crippen molar-refractivity contribution in [1.29, 1.82) is 0 Å². The van der Waals surface area contributed by atoms with Crippen molar-refractivity contribution in [3.05, 3.63) is 25.3 Å². The van der Waals surface area contributed by atoms with E-state index in [0.29, 0.717) is 0 Å². The predicted molar refractivity (Wildman–Crippen MR) is 45.1 cm³/mol. The van der Waals surface area contributed by atoms with Gasteiger partial charge in [0.2, 0.25) is 0 Å². The molecule has 0 rings (SSSR count). The first kappa shape index (κ1) is 11.0. The number of nitrogens with zero attached hydrogens (tertiary/aromatic N) is 1. The third-order valence-electron chi connectivity index (χ3n) is 0.614. The third kappa shape index (κ3) is 41.0. The maximum atomic E-state index is 3.81. The summed E-state index contributed by atoms with van der Waals surface area (Å²) < 4.78 is 0. The molecule has 0 spiro atoms. The van der Waals surface area contributed by atoms with Gasteiger partial charge >= 0.3 is 0 Å². The fourth-order valence-corrected chi connectivity index (χ4v) is 0. The van der Waals surface area contributed by atoms with Crippen LogP contribution in [0.4, 0.5) is 0 Å². The second kappa shape index (κ2) is 10.2. The van der Waals surface area contributed by atoms with Gasteiger partial charge in [0.15, 0.2) is 0 Å². The Hall–Kier alpha value is -0.850. The van der Waals surface area contributed by atoms with E-state index >= 15 is 0 Å². The number of hydrogen-bond donors (Lipinski definition) is 0. The highest BCUT2D eigenvalue weighted by molar-refractivity contribution is 5.78. The minimum Gasteiger partial charge on any atom is -0.298 e. The predicted octanol–water partition coefficient (Wildman–Crippen LogP) is 2.46. The molecule has 0 saturated carbocycles. The lowest BCUT2D eigenvalue weighted by atomic mass is 10.5. The van der Waals surface area contributed by atoms with Crippen molar-refractivity contribution < 1.29 is 0 Å². The van der Waals surface area contributed by atoms with E-state index in [2.05, 4.69) is 18.2 Å². The number of allylic oxidation sites excluding steroid dienone is 2. The van der Waals surface area contributed by atoms with Crippen molar-refractivity contribution in [2.45, 2.75) is 13.8 Å². The van der Waals surface area contributed by atoms with Gasteiger partial charge in [-0.25, -0.2) is 0 Å². The number of hydrogen-bond acceptors (Lipinski definition) is 1. The average Bonchev–Trinajstić information content (AvgIpc) is 1.89. The molecule has 0 fully saturated rings. The summed E-state index contributed by atoms with van der Waals surface area (Å²) in [7, 11) is 1.79. The van der Waals surface area contributed by atoms with E-state index in [0.717, 1.165) is 5.71 Å². The SMILES string of the molecule is C=CC=C.CN=C(C)C. The average molecular weight is 125 g/mol. The largest absolute Gasteiger partial charge is 0.298 e. The standard InChI is InChI=1S/C4H9N.C4H6/c1-4(2)5-3;1-3-4-2/h1-3H3;3-4H,1-2H2. The molecule has 0 unspecified atom stereocenters. The first-order valence-corrected chi connectivity index (χ1v) is 2.82. The molecule has 0 aliphatic rings. The van der Waals surface area contributed by atoms with Gasteiger partial charge in [-0.2, -0.15) is 0 Å². The molecule has 1 heteroatoms. The van der Waals surface area contributed by atoms with Gasteiger partial charge in [0.1, 0.15) is 0 Å². The number of rotatable bonds is 1. The van der Waals surface area contributed by atoms with Crippen LogP contribution in [0.5, 0.6) is 0 Å². The van der Waals surface area contributed by atoms with E-state index < -0.39 is 0 Å². The van der Waals surface area contributed by atoms with Crippen LogP contribution in [0.1, 0.15) is 13.8 Å². The molecule has 0 heterocycles. The Bertz CT molecular complexity index is 91.1. The van der Waals surface area contributed by atoms with Crippen LogP contribution >= 0.6 is 0 Å². The molecule has 0 aromatic heterocycles. The summed E-state index contributed by atoms with van der Waals surface area (Å²) in [5.41, 5.74) is 1.13.